The summed E-state index contributed by atoms with van der Waals surface area (Å²) in [5.41, 5.74) is -1.04. The van der Waals surface area contributed by atoms with Crippen LogP contribution in [0.5, 0.6) is 0 Å². The SMILES string of the molecule is BC(=O)N(C)c1cc2oc(=O)c(C(=O)O)cc2s1. The minimum Gasteiger partial charge on any atom is -0.477 e. The fraction of sp³-hybridized carbons (Fsp3) is 0.100. The second-order valence-corrected chi connectivity index (χ2v) is 4.71. The van der Waals surface area contributed by atoms with Gasteiger partial charge < -0.3 is 14.4 Å². The topological polar surface area (TPSA) is 87.8 Å². The number of carbonyl (C=O) groups excluding carboxylic acids is 1. The number of carboxylic acids is 1. The first-order valence-corrected chi connectivity index (χ1v) is 5.77. The van der Waals surface area contributed by atoms with Crippen LogP contribution in [0.25, 0.3) is 10.3 Å². The molecule has 0 aliphatic heterocycles. The molecule has 0 unspecified atom stereocenters. The predicted octanol–water partition coefficient (Wildman–Crippen LogP) is 0.742. The Balaban J connectivity index is 2.62. The monoisotopic (exact) mass is 265 g/mol. The molecule has 1 N–H and O–H groups in total. The Morgan fingerprint density at radius 1 is 1.44 bits per heavy atom. The van der Waals surface area contributed by atoms with Gasteiger partial charge in [0.25, 0.3) is 0 Å². The summed E-state index contributed by atoms with van der Waals surface area (Å²) in [4.78, 5) is 34.8. The molecule has 8 heteroatoms. The molecule has 0 radical (unpaired) electrons. The van der Waals surface area contributed by atoms with Gasteiger partial charge in [-0.2, -0.15) is 0 Å². The Morgan fingerprint density at radius 3 is 2.67 bits per heavy atom. The van der Waals surface area contributed by atoms with Gasteiger partial charge in [0.2, 0.25) is 7.85 Å². The van der Waals surface area contributed by atoms with Gasteiger partial charge in [-0.25, -0.2) is 9.59 Å². The van der Waals surface area contributed by atoms with Gasteiger partial charge >= 0.3 is 11.6 Å². The van der Waals surface area contributed by atoms with E-state index in [0.29, 0.717) is 9.70 Å². The quantitative estimate of drug-likeness (QED) is 0.809. The van der Waals surface area contributed by atoms with E-state index in [0.717, 1.165) is 0 Å². The number of hydrogen-bond donors (Lipinski definition) is 1. The lowest BCUT2D eigenvalue weighted by Crippen LogP contribution is -2.23. The fourth-order valence-electron chi connectivity index (χ4n) is 1.37. The van der Waals surface area contributed by atoms with Crippen LogP contribution in [-0.2, 0) is 0 Å². The van der Waals surface area contributed by atoms with Crippen LogP contribution in [0.4, 0.5) is 9.80 Å². The maximum Gasteiger partial charge on any atom is 0.351 e. The second-order valence-electron chi connectivity index (χ2n) is 3.64. The van der Waals surface area contributed by atoms with E-state index >= 15 is 0 Å². The Labute approximate surface area is 106 Å². The molecule has 1 amide bonds. The molecule has 18 heavy (non-hydrogen) atoms. The molecule has 0 spiro atoms. The van der Waals surface area contributed by atoms with Gasteiger partial charge in [-0.3, -0.25) is 4.79 Å². The maximum atomic E-state index is 11.4. The molecule has 2 rings (SSSR count). The van der Waals surface area contributed by atoms with E-state index in [2.05, 4.69) is 0 Å². The van der Waals surface area contributed by atoms with Crippen LogP contribution in [0, 0.1) is 0 Å². The second kappa shape index (κ2) is 4.30. The van der Waals surface area contributed by atoms with Crippen molar-refractivity contribution in [2.24, 2.45) is 0 Å². The first kappa shape index (κ1) is 12.4. The third-order valence-corrected chi connectivity index (χ3v) is 3.58. The lowest BCUT2D eigenvalue weighted by Gasteiger charge is -2.11. The minimum atomic E-state index is -1.33. The molecule has 0 bridgehead atoms. The van der Waals surface area contributed by atoms with Gasteiger partial charge in [0.05, 0.1) is 4.70 Å². The van der Waals surface area contributed by atoms with Gasteiger partial charge in [0.15, 0.2) is 11.4 Å². The molecule has 0 fully saturated rings. The van der Waals surface area contributed by atoms with Crippen LogP contribution in [0.1, 0.15) is 10.4 Å². The van der Waals surface area contributed by atoms with Gasteiger partial charge in [0, 0.05) is 13.1 Å². The number of amides is 1. The van der Waals surface area contributed by atoms with E-state index in [1.807, 2.05) is 0 Å². The van der Waals surface area contributed by atoms with Crippen molar-refractivity contribution in [3.05, 3.63) is 28.1 Å². The smallest absolute Gasteiger partial charge is 0.351 e. The lowest BCUT2D eigenvalue weighted by atomic mass is 10.1. The largest absolute Gasteiger partial charge is 0.477 e. The first-order chi connectivity index (χ1) is 8.40. The first-order valence-electron chi connectivity index (χ1n) is 4.95. The maximum absolute atomic E-state index is 11.4. The van der Waals surface area contributed by atoms with E-state index in [1.165, 1.54) is 36.2 Å². The molecule has 0 saturated heterocycles. The van der Waals surface area contributed by atoms with Gasteiger partial charge in [-0.1, -0.05) is 0 Å². The van der Waals surface area contributed by atoms with Crippen LogP contribution in [0.2, 0.25) is 0 Å². The van der Waals surface area contributed by atoms with Gasteiger partial charge in [0.1, 0.15) is 10.6 Å². The van der Waals surface area contributed by atoms with E-state index in [1.54, 1.807) is 7.05 Å². The van der Waals surface area contributed by atoms with Gasteiger partial charge in [-0.05, 0) is 6.07 Å². The van der Waals surface area contributed by atoms with Crippen LogP contribution in [0.3, 0.4) is 0 Å². The van der Waals surface area contributed by atoms with Crippen molar-refractivity contribution in [2.75, 3.05) is 11.9 Å². The van der Waals surface area contributed by atoms with Crippen molar-refractivity contribution < 1.29 is 19.1 Å². The number of carbonyl (C=O) groups is 2. The summed E-state index contributed by atoms with van der Waals surface area (Å²) < 4.78 is 5.41. The van der Waals surface area contributed by atoms with E-state index < -0.39 is 17.2 Å². The molecule has 0 aliphatic carbocycles. The molecule has 0 aliphatic rings. The Bertz CT molecular complexity index is 704. The average Bonchev–Trinajstić information content (AvgIpc) is 2.68. The number of anilines is 1. The molecule has 92 valence electrons. The van der Waals surface area contributed by atoms with E-state index in [9.17, 15) is 14.4 Å². The predicted molar refractivity (Wildman–Crippen MR) is 69.7 cm³/mol. The van der Waals surface area contributed by atoms with E-state index in [4.69, 9.17) is 9.52 Å². The Morgan fingerprint density at radius 2 is 2.11 bits per heavy atom. The molecular formula is C10H8BNO5S. The summed E-state index contributed by atoms with van der Waals surface area (Å²) in [5.74, 6) is -1.50. The normalized spacial score (nSPS) is 10.5. The summed E-state index contributed by atoms with van der Waals surface area (Å²) in [7, 11) is 2.99. The highest BCUT2D eigenvalue weighted by Gasteiger charge is 2.16. The summed E-state index contributed by atoms with van der Waals surface area (Å²) in [6.07, 6.45) is 0. The number of aromatic carboxylic acids is 1. The standard InChI is InChI=1S/C10H8BNO5S/c1-12(10(11)16)7-3-5-6(18-7)2-4(8(13)14)9(15)17-5/h2-3H,11H2,1H3,(H,13,14). The molecule has 0 saturated carbocycles. The zero-order valence-electron chi connectivity index (χ0n) is 9.59. The van der Waals surface area contributed by atoms with Crippen molar-refractivity contribution in [1.29, 1.82) is 0 Å². The molecular weight excluding hydrogens is 257 g/mol. The number of fused-ring (bicyclic) bond motifs is 1. The van der Waals surface area contributed by atoms with Crippen molar-refractivity contribution in [3.63, 3.8) is 0 Å². The zero-order valence-corrected chi connectivity index (χ0v) is 10.4. The van der Waals surface area contributed by atoms with Crippen LogP contribution >= 0.6 is 11.3 Å². The summed E-state index contributed by atoms with van der Waals surface area (Å²) in [5, 5.41) is 9.40. The van der Waals surface area contributed by atoms with Crippen molar-refractivity contribution >= 4 is 46.2 Å². The zero-order chi connectivity index (χ0) is 13.4. The molecule has 0 atom stereocenters. The van der Waals surface area contributed by atoms with Crippen LogP contribution in [0.15, 0.2) is 21.3 Å². The Hall–Kier alpha value is -2.09. The number of hydrogen-bond acceptors (Lipinski definition) is 5. The van der Waals surface area contributed by atoms with Crippen molar-refractivity contribution in [1.82, 2.24) is 0 Å². The van der Waals surface area contributed by atoms with Gasteiger partial charge in [-0.15, -0.1) is 11.3 Å². The van der Waals surface area contributed by atoms with E-state index in [-0.39, 0.29) is 11.4 Å². The molecule has 2 heterocycles. The highest BCUT2D eigenvalue weighted by molar-refractivity contribution is 7.23. The highest BCUT2D eigenvalue weighted by atomic mass is 32.1. The summed E-state index contributed by atoms with van der Waals surface area (Å²) in [6, 6.07) is 2.79. The van der Waals surface area contributed by atoms with Crippen molar-refractivity contribution in [3.8, 4) is 0 Å². The summed E-state index contributed by atoms with van der Waals surface area (Å²) >= 11 is 1.18. The number of nitrogens with zero attached hydrogens (tertiary/aromatic N) is 1. The third-order valence-electron chi connectivity index (χ3n) is 2.44. The molecule has 2 aromatic rings. The minimum absolute atomic E-state index is 0.164. The van der Waals surface area contributed by atoms with Crippen molar-refractivity contribution in [2.45, 2.75) is 0 Å². The fourth-order valence-corrected chi connectivity index (χ4v) is 2.41. The van der Waals surface area contributed by atoms with Crippen LogP contribution in [-0.4, -0.2) is 31.8 Å². The molecule has 6 nitrogen and oxygen atoms in total. The summed E-state index contributed by atoms with van der Waals surface area (Å²) in [6.45, 7) is 0. The Kier molecular flexibility index (Phi) is 2.96. The number of carboxylic acid groups (broad SMARTS) is 1. The number of rotatable bonds is 2. The third kappa shape index (κ3) is 2.02. The average molecular weight is 265 g/mol. The molecule has 0 aromatic carbocycles. The lowest BCUT2D eigenvalue weighted by molar-refractivity contribution is 0.0692. The highest BCUT2D eigenvalue weighted by Crippen LogP contribution is 2.31. The number of thiophene rings is 1. The molecule has 2 aromatic heterocycles. The van der Waals surface area contributed by atoms with Crippen LogP contribution < -0.4 is 10.5 Å².